The van der Waals surface area contributed by atoms with Gasteiger partial charge < -0.3 is 60.9 Å². The van der Waals surface area contributed by atoms with Crippen LogP contribution < -0.4 is 27.0 Å². The van der Waals surface area contributed by atoms with Gasteiger partial charge in [0.1, 0.15) is 5.75 Å². The lowest BCUT2D eigenvalue weighted by Crippen LogP contribution is -3.00. The van der Waals surface area contributed by atoms with E-state index in [0.29, 0.717) is 0 Å². The van der Waals surface area contributed by atoms with Crippen LogP contribution in [0, 0.1) is 0 Å². The maximum Gasteiger partial charge on any atom is 0.166 e. The molecule has 16 aromatic rings. The molecule has 0 amide bonds. The largest absolute Gasteiger partial charge is 1.00 e. The summed E-state index contributed by atoms with van der Waals surface area (Å²) in [4.78, 5) is 39.4. The quantitative estimate of drug-likeness (QED) is 0.0598. The van der Waals surface area contributed by atoms with Crippen LogP contribution in [0.3, 0.4) is 0 Å². The van der Waals surface area contributed by atoms with E-state index in [1.54, 1.807) is 7.11 Å². The first-order valence-electron chi connectivity index (χ1n) is 53.1. The molecule has 6 aliphatic rings. The van der Waals surface area contributed by atoms with Crippen LogP contribution in [-0.4, -0.2) is 207 Å². The maximum absolute atomic E-state index is 5.08. The molecule has 0 saturated carbocycles. The van der Waals surface area contributed by atoms with E-state index in [-0.39, 0.29) is 71.5 Å². The predicted octanol–water partition coefficient (Wildman–Crippen LogP) is 25.8. The molecule has 22 rings (SSSR count). The minimum absolute atomic E-state index is 0. The molecule has 16 aromatic carbocycles. The highest BCUT2D eigenvalue weighted by molar-refractivity contribution is 7.98. The fraction of sp³-hybridized carbons (Fsp3) is 0.261. The zero-order chi connectivity index (χ0) is 104. The Morgan fingerprint density at radius 3 is 0.673 bits per heavy atom. The standard InChI is InChI=1S/5C18H15S.C11H22N2.C11H11NO.C9H21N2.C8H18N2.C5H12N2.BrH/c5*1-4-10-16(11-5-1)19(17-12-6-2-7-13-17)18-14-8-3-9-15-18;1-12-9-5-11(6-10-12)13-7-3-2-4-8-13;1-13-10-6-4-9(5-7-10)11-3-2-8-12-11;1-10-7-5-9(6-8-10)11(2,3)4;1-9(2)8-4-6-10(3)7-5-8;1-7-4-2-6-3-5-7;/h5*1-15H;11H,2-10H2,1H3;2,4-8H,3H2,1H3;9H,5-8H2,1-4H3;8H,4-7H2,1-3H3;6H,2-5H2,1H3;1H/q5*+1;;;+1;;;/p-1. The van der Waals surface area contributed by atoms with Crippen LogP contribution in [0.2, 0.25) is 0 Å². The van der Waals surface area contributed by atoms with E-state index in [0.717, 1.165) is 53.6 Å². The lowest BCUT2D eigenvalue weighted by atomic mass is 10.0. The van der Waals surface area contributed by atoms with E-state index >= 15 is 0 Å². The number of hydrogen-bond donors (Lipinski definition) is 1. The highest BCUT2D eigenvalue weighted by Gasteiger charge is 2.35. The number of hydrogen-bond acceptors (Lipinski definition) is 9. The lowest BCUT2D eigenvalue weighted by Gasteiger charge is -2.39. The molecule has 0 unspecified atom stereocenters. The molecule has 0 aromatic heterocycles. The summed E-state index contributed by atoms with van der Waals surface area (Å²) in [5.74, 6) is 0.885. The summed E-state index contributed by atoms with van der Waals surface area (Å²) in [5, 5.41) is 3.27. The maximum atomic E-state index is 5.08. The van der Waals surface area contributed by atoms with Gasteiger partial charge in [0.15, 0.2) is 73.4 Å². The van der Waals surface area contributed by atoms with E-state index in [1.165, 1.54) is 202 Å². The van der Waals surface area contributed by atoms with Crippen LogP contribution in [0.1, 0.15) is 69.8 Å². The monoisotopic (exact) mass is 2150 g/mol. The second-order valence-electron chi connectivity index (χ2n) is 39.0. The summed E-state index contributed by atoms with van der Waals surface area (Å²) in [7, 11) is 21.7. The van der Waals surface area contributed by atoms with Crippen LogP contribution in [0.15, 0.2) is 570 Å². The van der Waals surface area contributed by atoms with Crippen LogP contribution >= 0.6 is 0 Å². The van der Waals surface area contributed by atoms with Crippen molar-refractivity contribution < 1.29 is 26.2 Å². The van der Waals surface area contributed by atoms with Crippen LogP contribution in [0.5, 0.6) is 5.75 Å². The number of aliphatic imine (C=N–C) groups is 1. The lowest BCUT2D eigenvalue weighted by molar-refractivity contribution is -0.897. The Balaban J connectivity index is 0.000000149. The fourth-order valence-corrected chi connectivity index (χ4v) is 28.9. The Labute approximate surface area is 926 Å². The van der Waals surface area contributed by atoms with E-state index < -0.39 is 0 Å². The topological polar surface area (TPSA) is 53.1 Å². The van der Waals surface area contributed by atoms with E-state index in [1.807, 2.05) is 30.5 Å². The SMILES string of the molecule is CN1CCC(N(C)C)CC1.CN1CCC(N2CCCCC2)CC1.CN1CCC([N+](C)(C)C)CC1.CN1CCNCC1.COc1ccc(C2=NC=CC2)cc1.[Br-].c1ccc([S+](c2ccccc2)c2ccccc2)cc1.c1ccc([S+](c2ccccc2)c2ccccc2)cc1.c1ccc([S+](c2ccccc2)c2ccccc2)cc1.c1ccc([S+](c2ccccc2)c2ccccc2)cc1.c1ccc([S+](c2ccccc2)c2ccccc2)cc1. The summed E-state index contributed by atoms with van der Waals surface area (Å²) >= 11 is 0. The predicted molar refractivity (Wildman–Crippen MR) is 640 cm³/mol. The Morgan fingerprint density at radius 1 is 0.273 bits per heavy atom. The number of quaternary nitrogens is 1. The molecule has 16 heteroatoms. The van der Waals surface area contributed by atoms with Crippen molar-refractivity contribution in [1.29, 1.82) is 0 Å². The van der Waals surface area contributed by atoms with E-state index in [2.05, 4.69) is 564 Å². The molecule has 6 aliphatic heterocycles. The van der Waals surface area contributed by atoms with E-state index in [4.69, 9.17) is 4.74 Å². The van der Waals surface area contributed by atoms with Gasteiger partial charge >= 0.3 is 0 Å². The van der Waals surface area contributed by atoms with Crippen molar-refractivity contribution in [2.45, 2.75) is 156 Å². The average molecular weight is 2150 g/mol. The molecule has 5 saturated heterocycles. The number of methoxy groups -OCH3 is 1. The summed E-state index contributed by atoms with van der Waals surface area (Å²) in [6, 6.07) is 171. The molecular weight excluding hydrogens is 1990 g/mol. The van der Waals surface area contributed by atoms with Gasteiger partial charge in [-0.1, -0.05) is 285 Å². The molecular formula is C134H159BrN9OS5+5. The van der Waals surface area contributed by atoms with Gasteiger partial charge in [0.2, 0.25) is 0 Å². The molecule has 778 valence electrons. The third-order valence-corrected chi connectivity index (χ3v) is 38.0. The highest BCUT2D eigenvalue weighted by atomic mass is 79.9. The Hall–Kier alpha value is -11.4. The number of nitrogens with one attached hydrogen (secondary N) is 1. The van der Waals surface area contributed by atoms with Crippen molar-refractivity contribution in [2.24, 2.45) is 4.99 Å². The normalized spacial score (nSPS) is 15.0. The first kappa shape index (κ1) is 117. The van der Waals surface area contributed by atoms with Gasteiger partial charge in [-0.3, -0.25) is 4.99 Å². The number of piperidine rings is 4. The second-order valence-corrected chi connectivity index (χ2v) is 49.1. The number of halogens is 1. The third-order valence-electron chi connectivity index (χ3n) is 26.9. The van der Waals surface area contributed by atoms with Crippen LogP contribution in [0.25, 0.3) is 0 Å². The van der Waals surface area contributed by atoms with Gasteiger partial charge in [0, 0.05) is 76.8 Å². The number of likely N-dealkylation sites (N-methyl/N-ethyl adjacent to an activating group) is 1. The van der Waals surface area contributed by atoms with E-state index in [9.17, 15) is 0 Å². The van der Waals surface area contributed by atoms with Gasteiger partial charge in [-0.15, -0.1) is 0 Å². The number of ether oxygens (including phenoxy) is 1. The van der Waals surface area contributed by atoms with Gasteiger partial charge in [-0.25, -0.2) is 0 Å². The van der Waals surface area contributed by atoms with Crippen molar-refractivity contribution in [3.63, 3.8) is 0 Å². The van der Waals surface area contributed by atoms with Crippen molar-refractivity contribution in [1.82, 2.24) is 34.7 Å². The van der Waals surface area contributed by atoms with Gasteiger partial charge in [-0.05, 0) is 332 Å². The molecule has 0 radical (unpaired) electrons. The van der Waals surface area contributed by atoms with Gasteiger partial charge in [0.25, 0.3) is 0 Å². The Bertz CT molecular complexity index is 5090. The number of piperazine rings is 1. The van der Waals surface area contributed by atoms with Crippen molar-refractivity contribution in [3.05, 3.63) is 497 Å². The molecule has 6 heterocycles. The summed E-state index contributed by atoms with van der Waals surface area (Å²) in [6.45, 7) is 15.2. The third kappa shape index (κ3) is 39.7. The molecule has 0 spiro atoms. The minimum Gasteiger partial charge on any atom is -1.00 e. The molecule has 150 heavy (non-hydrogen) atoms. The smallest absolute Gasteiger partial charge is 0.166 e. The highest BCUT2D eigenvalue weighted by Crippen LogP contribution is 2.37. The summed E-state index contributed by atoms with van der Waals surface area (Å²) in [6.07, 6.45) is 17.4. The van der Waals surface area contributed by atoms with Crippen molar-refractivity contribution >= 4 is 60.2 Å². The van der Waals surface area contributed by atoms with Crippen molar-refractivity contribution in [3.8, 4) is 5.75 Å². The van der Waals surface area contributed by atoms with Crippen LogP contribution in [-0.2, 0) is 54.5 Å². The minimum atomic E-state index is -0.0146. The molecule has 1 N–H and O–H groups in total. The summed E-state index contributed by atoms with van der Waals surface area (Å²) < 4.78 is 6.21. The Kier molecular flexibility index (Phi) is 52.0. The fourth-order valence-electron chi connectivity index (χ4n) is 18.4. The Morgan fingerprint density at radius 2 is 0.487 bits per heavy atom. The average Bonchev–Trinajstić information content (AvgIpc) is 0.880. The number of benzene rings is 16. The first-order valence-corrected chi connectivity index (χ1v) is 59.2. The second kappa shape index (κ2) is 66.5. The number of rotatable bonds is 20. The zero-order valence-electron chi connectivity index (χ0n) is 90.0. The molecule has 5 fully saturated rings. The first-order chi connectivity index (χ1) is 73.1. The summed E-state index contributed by atoms with van der Waals surface area (Å²) in [5.41, 5.74) is 2.30. The molecule has 0 aliphatic carbocycles. The molecule has 0 atom stereocenters. The molecule has 10 nitrogen and oxygen atoms in total. The number of nitrogens with zero attached hydrogens (tertiary/aromatic N) is 8. The van der Waals surface area contributed by atoms with Gasteiger partial charge in [-0.2, -0.15) is 0 Å². The molecule has 0 bridgehead atoms. The zero-order valence-corrected chi connectivity index (χ0v) is 95.6. The van der Waals surface area contributed by atoms with Crippen molar-refractivity contribution in [2.75, 3.05) is 149 Å². The number of likely N-dealkylation sites (tertiary alicyclic amines) is 4. The van der Waals surface area contributed by atoms with Crippen LogP contribution in [0.4, 0.5) is 0 Å². The van der Waals surface area contributed by atoms with Gasteiger partial charge in [0.05, 0.1) is 94.5 Å². The number of allylic oxidation sites excluding steroid dienone is 1.